The molecule has 11 heteroatoms. The SMILES string of the molecule is O=[N+]([O-])c1c(Nc2ccc(OC(F)(F)F)cc2)ncnc1N(Cc1ccccc1)Cc1ccccc1. The molecule has 1 aromatic heterocycles. The molecule has 1 N–H and O–H groups in total. The second kappa shape index (κ2) is 10.7. The van der Waals surface area contributed by atoms with Crippen LogP contribution in [0.5, 0.6) is 5.75 Å². The van der Waals surface area contributed by atoms with E-state index in [9.17, 15) is 23.3 Å². The molecule has 0 atom stereocenters. The summed E-state index contributed by atoms with van der Waals surface area (Å²) in [5.41, 5.74) is 1.78. The molecule has 4 rings (SSSR count). The number of rotatable bonds is 9. The first-order chi connectivity index (χ1) is 17.3. The molecule has 0 aliphatic carbocycles. The van der Waals surface area contributed by atoms with Crippen molar-refractivity contribution in [2.24, 2.45) is 0 Å². The molecule has 0 aliphatic rings. The van der Waals surface area contributed by atoms with Gasteiger partial charge >= 0.3 is 12.0 Å². The van der Waals surface area contributed by atoms with E-state index in [1.165, 1.54) is 18.5 Å². The third-order valence-corrected chi connectivity index (χ3v) is 5.07. The molecule has 0 unspecified atom stereocenters. The molecule has 0 radical (unpaired) electrons. The number of ether oxygens (including phenoxy) is 1. The van der Waals surface area contributed by atoms with Crippen molar-refractivity contribution in [3.05, 3.63) is 112 Å². The standard InChI is InChI=1S/C25H20F3N5O3/c26-25(27,28)36-21-13-11-20(12-14-21)31-23-22(33(34)35)24(30-17-29-23)32(15-18-7-3-1-4-8-18)16-19-9-5-2-6-10-19/h1-14,17H,15-16H2,(H,29,30,31). The molecule has 8 nitrogen and oxygen atoms in total. The van der Waals surface area contributed by atoms with Gasteiger partial charge in [-0.1, -0.05) is 60.7 Å². The average molecular weight is 495 g/mol. The summed E-state index contributed by atoms with van der Waals surface area (Å²) < 4.78 is 41.2. The van der Waals surface area contributed by atoms with Crippen LogP contribution in [-0.2, 0) is 13.1 Å². The Morgan fingerprint density at radius 3 is 1.92 bits per heavy atom. The van der Waals surface area contributed by atoms with Crippen LogP contribution in [0.3, 0.4) is 0 Å². The van der Waals surface area contributed by atoms with E-state index in [2.05, 4.69) is 20.0 Å². The van der Waals surface area contributed by atoms with Gasteiger partial charge in [-0.3, -0.25) is 10.1 Å². The summed E-state index contributed by atoms with van der Waals surface area (Å²) in [6.07, 6.45) is -3.62. The molecule has 0 spiro atoms. The first-order valence-corrected chi connectivity index (χ1v) is 10.7. The largest absolute Gasteiger partial charge is 0.573 e. The van der Waals surface area contributed by atoms with Crippen molar-refractivity contribution in [3.8, 4) is 5.75 Å². The third kappa shape index (κ3) is 6.47. The highest BCUT2D eigenvalue weighted by Gasteiger charge is 2.31. The summed E-state index contributed by atoms with van der Waals surface area (Å²) in [5.74, 6) is -0.411. The Bertz CT molecular complexity index is 1260. The lowest BCUT2D eigenvalue weighted by atomic mass is 10.1. The van der Waals surface area contributed by atoms with Crippen molar-refractivity contribution < 1.29 is 22.8 Å². The molecule has 1 heterocycles. The number of aromatic nitrogens is 2. The number of nitro groups is 1. The smallest absolute Gasteiger partial charge is 0.406 e. The lowest BCUT2D eigenvalue weighted by Gasteiger charge is -2.24. The van der Waals surface area contributed by atoms with Crippen LogP contribution in [0, 0.1) is 10.1 Å². The number of nitrogens with zero attached hydrogens (tertiary/aromatic N) is 4. The van der Waals surface area contributed by atoms with Crippen molar-refractivity contribution in [3.63, 3.8) is 0 Å². The molecule has 4 aromatic rings. The Hall–Kier alpha value is -4.67. The maximum Gasteiger partial charge on any atom is 0.573 e. The number of halogens is 3. The van der Waals surface area contributed by atoms with Crippen LogP contribution in [0.15, 0.2) is 91.3 Å². The van der Waals surface area contributed by atoms with Crippen LogP contribution in [-0.4, -0.2) is 21.3 Å². The summed E-state index contributed by atoms with van der Waals surface area (Å²) in [5, 5.41) is 15.0. The monoisotopic (exact) mass is 495 g/mol. The van der Waals surface area contributed by atoms with E-state index in [0.717, 1.165) is 23.3 Å². The van der Waals surface area contributed by atoms with E-state index in [-0.39, 0.29) is 23.0 Å². The van der Waals surface area contributed by atoms with Gasteiger partial charge in [-0.25, -0.2) is 9.97 Å². The van der Waals surface area contributed by atoms with E-state index in [1.54, 1.807) is 4.90 Å². The molecular formula is C25H20F3N5O3. The average Bonchev–Trinajstić information content (AvgIpc) is 2.85. The third-order valence-electron chi connectivity index (χ3n) is 5.07. The van der Waals surface area contributed by atoms with Crippen LogP contribution in [0.4, 0.5) is 36.2 Å². The first kappa shape index (κ1) is 24.5. The molecule has 0 amide bonds. The fraction of sp³-hybridized carbons (Fsp3) is 0.120. The Morgan fingerprint density at radius 2 is 1.42 bits per heavy atom. The molecular weight excluding hydrogens is 475 g/mol. The summed E-state index contributed by atoms with van der Waals surface area (Å²) >= 11 is 0. The number of hydrogen-bond acceptors (Lipinski definition) is 7. The highest BCUT2D eigenvalue weighted by Crippen LogP contribution is 2.35. The molecule has 184 valence electrons. The molecule has 0 saturated carbocycles. The summed E-state index contributed by atoms with van der Waals surface area (Å²) in [4.78, 5) is 21.6. The Kier molecular flexibility index (Phi) is 7.28. The van der Waals surface area contributed by atoms with E-state index in [0.29, 0.717) is 13.1 Å². The Labute approximate surface area is 204 Å². The number of hydrogen-bond donors (Lipinski definition) is 1. The van der Waals surface area contributed by atoms with E-state index < -0.39 is 17.0 Å². The van der Waals surface area contributed by atoms with Gasteiger partial charge in [0.2, 0.25) is 11.6 Å². The fourth-order valence-corrected chi connectivity index (χ4v) is 3.55. The van der Waals surface area contributed by atoms with Gasteiger partial charge in [0.15, 0.2) is 0 Å². The van der Waals surface area contributed by atoms with Crippen LogP contribution >= 0.6 is 0 Å². The van der Waals surface area contributed by atoms with Crippen LogP contribution < -0.4 is 15.0 Å². The second-order valence-electron chi connectivity index (χ2n) is 7.68. The van der Waals surface area contributed by atoms with Gasteiger partial charge in [-0.15, -0.1) is 13.2 Å². The lowest BCUT2D eigenvalue weighted by Crippen LogP contribution is -2.24. The maximum atomic E-state index is 12.4. The lowest BCUT2D eigenvalue weighted by molar-refractivity contribution is -0.383. The van der Waals surface area contributed by atoms with E-state index >= 15 is 0 Å². The number of anilines is 3. The molecule has 36 heavy (non-hydrogen) atoms. The van der Waals surface area contributed by atoms with Crippen molar-refractivity contribution >= 4 is 23.0 Å². The van der Waals surface area contributed by atoms with Gasteiger partial charge in [0.1, 0.15) is 12.1 Å². The van der Waals surface area contributed by atoms with Crippen LogP contribution in [0.1, 0.15) is 11.1 Å². The summed E-state index contributed by atoms with van der Waals surface area (Å²) in [7, 11) is 0. The number of nitrogens with one attached hydrogen (secondary N) is 1. The first-order valence-electron chi connectivity index (χ1n) is 10.7. The van der Waals surface area contributed by atoms with E-state index in [4.69, 9.17) is 0 Å². The summed E-state index contributed by atoms with van der Waals surface area (Å²) in [6.45, 7) is 0.688. The van der Waals surface area contributed by atoms with Gasteiger partial charge in [0.25, 0.3) is 0 Å². The molecule has 0 saturated heterocycles. The normalized spacial score (nSPS) is 11.1. The quantitative estimate of drug-likeness (QED) is 0.217. The van der Waals surface area contributed by atoms with Crippen molar-refractivity contribution in [1.29, 1.82) is 0 Å². The van der Waals surface area contributed by atoms with Gasteiger partial charge < -0.3 is 15.0 Å². The second-order valence-corrected chi connectivity index (χ2v) is 7.68. The van der Waals surface area contributed by atoms with E-state index in [1.807, 2.05) is 60.7 Å². The minimum atomic E-state index is -4.82. The van der Waals surface area contributed by atoms with Crippen molar-refractivity contribution in [2.75, 3.05) is 10.2 Å². The highest BCUT2D eigenvalue weighted by atomic mass is 19.4. The van der Waals surface area contributed by atoms with Gasteiger partial charge in [-0.2, -0.15) is 0 Å². The zero-order valence-corrected chi connectivity index (χ0v) is 18.7. The zero-order valence-electron chi connectivity index (χ0n) is 18.7. The van der Waals surface area contributed by atoms with Crippen molar-refractivity contribution in [1.82, 2.24) is 9.97 Å². The fourth-order valence-electron chi connectivity index (χ4n) is 3.55. The van der Waals surface area contributed by atoms with Gasteiger partial charge in [0.05, 0.1) is 4.92 Å². The Balaban J connectivity index is 1.68. The van der Waals surface area contributed by atoms with Crippen molar-refractivity contribution in [2.45, 2.75) is 19.5 Å². The maximum absolute atomic E-state index is 12.4. The predicted molar refractivity (Wildman–Crippen MR) is 128 cm³/mol. The topological polar surface area (TPSA) is 93.4 Å². The van der Waals surface area contributed by atoms with Gasteiger partial charge in [0, 0.05) is 18.8 Å². The molecule has 3 aromatic carbocycles. The molecule has 0 fully saturated rings. The minimum Gasteiger partial charge on any atom is -0.406 e. The Morgan fingerprint density at radius 1 is 0.861 bits per heavy atom. The minimum absolute atomic E-state index is 0.0967. The zero-order chi connectivity index (χ0) is 25.5. The number of benzene rings is 3. The highest BCUT2D eigenvalue weighted by molar-refractivity contribution is 5.74. The van der Waals surface area contributed by atoms with Crippen LogP contribution in [0.25, 0.3) is 0 Å². The predicted octanol–water partition coefficient (Wildman–Crippen LogP) is 6.23. The van der Waals surface area contributed by atoms with Crippen LogP contribution in [0.2, 0.25) is 0 Å². The molecule has 0 bridgehead atoms. The van der Waals surface area contributed by atoms with Gasteiger partial charge in [-0.05, 0) is 35.4 Å². The summed E-state index contributed by atoms with van der Waals surface area (Å²) in [6, 6.07) is 23.7. The molecule has 0 aliphatic heterocycles. The number of alkyl halides is 3.